The number of para-hydroxylation sites is 2. The first kappa shape index (κ1) is 20.7. The minimum absolute atomic E-state index is 0.118. The van der Waals surface area contributed by atoms with Gasteiger partial charge in [-0.1, -0.05) is 35.5 Å². The highest BCUT2D eigenvalue weighted by Crippen LogP contribution is 2.28. The van der Waals surface area contributed by atoms with Crippen LogP contribution in [0.4, 0.5) is 11.4 Å². The van der Waals surface area contributed by atoms with Crippen LogP contribution in [0.25, 0.3) is 11.5 Å². The lowest BCUT2D eigenvalue weighted by Gasteiger charge is -2.35. The van der Waals surface area contributed by atoms with E-state index >= 15 is 0 Å². The summed E-state index contributed by atoms with van der Waals surface area (Å²) in [5.41, 5.74) is 2.65. The number of carbonyl (C=O) groups excluding carboxylic acids is 1. The van der Waals surface area contributed by atoms with Gasteiger partial charge < -0.3 is 19.5 Å². The summed E-state index contributed by atoms with van der Waals surface area (Å²) in [7, 11) is 2.12. The minimum Gasteiger partial charge on any atom is -0.411 e. The van der Waals surface area contributed by atoms with Crippen molar-refractivity contribution < 1.29 is 9.21 Å². The standard InChI is InChI=1S/C21H22ClN5O2S/c1-26-10-12-27(13-11-26)18-5-3-2-4-17(18)23-19(28)14-30-21-25-24-20(29-21)15-6-8-16(22)9-7-15/h2-9H,10-14H2,1H3,(H,23,28). The molecule has 9 heteroatoms. The van der Waals surface area contributed by atoms with Crippen molar-refractivity contribution in [1.29, 1.82) is 0 Å². The molecule has 0 atom stereocenters. The molecular weight excluding hydrogens is 422 g/mol. The Hall–Kier alpha value is -2.55. The number of hydrogen-bond donors (Lipinski definition) is 1. The molecule has 2 aromatic carbocycles. The molecule has 4 rings (SSSR count). The maximum absolute atomic E-state index is 12.5. The number of nitrogens with zero attached hydrogens (tertiary/aromatic N) is 4. The fraction of sp³-hybridized carbons (Fsp3) is 0.286. The van der Waals surface area contributed by atoms with Gasteiger partial charge in [0.15, 0.2) is 0 Å². The predicted octanol–water partition coefficient (Wildman–Crippen LogP) is 3.87. The topological polar surface area (TPSA) is 74.5 Å². The van der Waals surface area contributed by atoms with E-state index < -0.39 is 0 Å². The van der Waals surface area contributed by atoms with Gasteiger partial charge in [-0.2, -0.15) is 0 Å². The van der Waals surface area contributed by atoms with Crippen LogP contribution in [0.3, 0.4) is 0 Å². The molecule has 7 nitrogen and oxygen atoms in total. The van der Waals surface area contributed by atoms with Crippen LogP contribution in [0.5, 0.6) is 0 Å². The van der Waals surface area contributed by atoms with Crippen LogP contribution in [0.15, 0.2) is 58.2 Å². The number of benzene rings is 2. The molecule has 1 amide bonds. The second-order valence-corrected chi connectivity index (χ2v) is 8.39. The number of anilines is 2. The van der Waals surface area contributed by atoms with E-state index in [0.717, 1.165) is 43.1 Å². The van der Waals surface area contributed by atoms with Gasteiger partial charge in [0.25, 0.3) is 5.22 Å². The van der Waals surface area contributed by atoms with E-state index in [1.54, 1.807) is 12.1 Å². The molecule has 1 fully saturated rings. The van der Waals surface area contributed by atoms with Gasteiger partial charge >= 0.3 is 0 Å². The summed E-state index contributed by atoms with van der Waals surface area (Å²) in [6.45, 7) is 3.89. The molecule has 2 heterocycles. The molecule has 0 aliphatic carbocycles. The normalized spacial score (nSPS) is 14.7. The lowest BCUT2D eigenvalue weighted by Crippen LogP contribution is -2.44. The first-order valence-corrected chi connectivity index (χ1v) is 11.0. The number of likely N-dealkylation sites (N-methyl/N-ethyl adjacent to an activating group) is 1. The van der Waals surface area contributed by atoms with Gasteiger partial charge in [-0.05, 0) is 43.4 Å². The summed E-state index contributed by atoms with van der Waals surface area (Å²) in [5, 5.41) is 12.1. The Morgan fingerprint density at radius 1 is 1.10 bits per heavy atom. The summed E-state index contributed by atoms with van der Waals surface area (Å²) in [6, 6.07) is 15.1. The fourth-order valence-corrected chi connectivity index (χ4v) is 3.88. The number of thioether (sulfide) groups is 1. The molecule has 1 N–H and O–H groups in total. The first-order valence-electron chi connectivity index (χ1n) is 9.63. The third-order valence-corrected chi connectivity index (χ3v) is 5.92. The van der Waals surface area contributed by atoms with Crippen LogP contribution in [0, 0.1) is 0 Å². The molecule has 3 aromatic rings. The Bertz CT molecular complexity index is 1000. The number of aromatic nitrogens is 2. The number of piperazine rings is 1. The maximum atomic E-state index is 12.5. The average Bonchev–Trinajstić information content (AvgIpc) is 3.23. The van der Waals surface area contributed by atoms with E-state index in [1.807, 2.05) is 36.4 Å². The van der Waals surface area contributed by atoms with Crippen LogP contribution in [-0.2, 0) is 4.79 Å². The average molecular weight is 444 g/mol. The van der Waals surface area contributed by atoms with Crippen molar-refractivity contribution in [3.8, 4) is 11.5 Å². The van der Waals surface area contributed by atoms with Crippen molar-refractivity contribution >= 4 is 40.6 Å². The molecule has 0 spiro atoms. The molecule has 0 saturated carbocycles. The van der Waals surface area contributed by atoms with Crippen molar-refractivity contribution in [2.45, 2.75) is 5.22 Å². The molecule has 1 aliphatic heterocycles. The van der Waals surface area contributed by atoms with E-state index in [-0.39, 0.29) is 11.7 Å². The van der Waals surface area contributed by atoms with Gasteiger partial charge in [-0.25, -0.2) is 0 Å². The van der Waals surface area contributed by atoms with Crippen molar-refractivity contribution in [2.75, 3.05) is 49.2 Å². The van der Waals surface area contributed by atoms with Gasteiger partial charge in [0.05, 0.1) is 17.1 Å². The molecule has 1 aromatic heterocycles. The Morgan fingerprint density at radius 3 is 2.60 bits per heavy atom. The Labute approximate surface area is 184 Å². The highest BCUT2D eigenvalue weighted by molar-refractivity contribution is 7.99. The second kappa shape index (κ2) is 9.51. The van der Waals surface area contributed by atoms with E-state index in [1.165, 1.54) is 11.8 Å². The Kier molecular flexibility index (Phi) is 6.56. The fourth-order valence-electron chi connectivity index (χ4n) is 3.19. The summed E-state index contributed by atoms with van der Waals surface area (Å²) in [6.07, 6.45) is 0. The van der Waals surface area contributed by atoms with Gasteiger partial charge in [0, 0.05) is 36.8 Å². The van der Waals surface area contributed by atoms with Gasteiger partial charge in [-0.15, -0.1) is 10.2 Å². The largest absolute Gasteiger partial charge is 0.411 e. The zero-order valence-electron chi connectivity index (χ0n) is 16.5. The van der Waals surface area contributed by atoms with Crippen molar-refractivity contribution in [3.05, 3.63) is 53.6 Å². The molecule has 0 radical (unpaired) electrons. The molecule has 0 unspecified atom stereocenters. The maximum Gasteiger partial charge on any atom is 0.277 e. The van der Waals surface area contributed by atoms with Gasteiger partial charge in [0.1, 0.15) is 0 Å². The predicted molar refractivity (Wildman–Crippen MR) is 120 cm³/mol. The third kappa shape index (κ3) is 5.13. The third-order valence-electron chi connectivity index (χ3n) is 4.85. The van der Waals surface area contributed by atoms with E-state index in [9.17, 15) is 4.79 Å². The summed E-state index contributed by atoms with van der Waals surface area (Å²) in [5.74, 6) is 0.460. The lowest BCUT2D eigenvalue weighted by atomic mass is 10.2. The highest BCUT2D eigenvalue weighted by Gasteiger charge is 2.18. The molecule has 156 valence electrons. The lowest BCUT2D eigenvalue weighted by molar-refractivity contribution is -0.113. The van der Waals surface area contributed by atoms with Crippen LogP contribution in [0.2, 0.25) is 5.02 Å². The van der Waals surface area contributed by atoms with Crippen LogP contribution >= 0.6 is 23.4 Å². The smallest absolute Gasteiger partial charge is 0.277 e. The van der Waals surface area contributed by atoms with Gasteiger partial charge in [-0.3, -0.25) is 4.79 Å². The second-order valence-electron chi connectivity index (χ2n) is 7.02. The quantitative estimate of drug-likeness (QED) is 0.579. The SMILES string of the molecule is CN1CCN(c2ccccc2NC(=O)CSc2nnc(-c3ccc(Cl)cc3)o2)CC1. The molecule has 1 aliphatic rings. The number of carbonyl (C=O) groups is 1. The summed E-state index contributed by atoms with van der Waals surface area (Å²) < 4.78 is 5.64. The Morgan fingerprint density at radius 2 is 1.83 bits per heavy atom. The molecule has 1 saturated heterocycles. The van der Waals surface area contributed by atoms with Crippen LogP contribution in [-0.4, -0.2) is 60.0 Å². The minimum atomic E-state index is -0.118. The van der Waals surface area contributed by atoms with Gasteiger partial charge in [0.2, 0.25) is 11.8 Å². The number of halogens is 1. The van der Waals surface area contributed by atoms with E-state index in [2.05, 4.69) is 32.4 Å². The molecule has 30 heavy (non-hydrogen) atoms. The highest BCUT2D eigenvalue weighted by atomic mass is 35.5. The Balaban J connectivity index is 1.35. The number of amides is 1. The van der Waals surface area contributed by atoms with Crippen molar-refractivity contribution in [3.63, 3.8) is 0 Å². The summed E-state index contributed by atoms with van der Waals surface area (Å²) >= 11 is 7.11. The zero-order valence-corrected chi connectivity index (χ0v) is 18.1. The van der Waals surface area contributed by atoms with Crippen LogP contribution < -0.4 is 10.2 Å². The molecule has 0 bridgehead atoms. The summed E-state index contributed by atoms with van der Waals surface area (Å²) in [4.78, 5) is 17.1. The molecular formula is C21H22ClN5O2S. The van der Waals surface area contributed by atoms with Crippen LogP contribution in [0.1, 0.15) is 0 Å². The number of nitrogens with one attached hydrogen (secondary N) is 1. The van der Waals surface area contributed by atoms with Crippen molar-refractivity contribution in [2.24, 2.45) is 0 Å². The van der Waals surface area contributed by atoms with Crippen molar-refractivity contribution in [1.82, 2.24) is 15.1 Å². The number of hydrogen-bond acceptors (Lipinski definition) is 7. The van der Waals surface area contributed by atoms with E-state index in [0.29, 0.717) is 16.1 Å². The van der Waals surface area contributed by atoms with E-state index in [4.69, 9.17) is 16.0 Å². The number of rotatable bonds is 6. The monoisotopic (exact) mass is 443 g/mol. The zero-order chi connectivity index (χ0) is 20.9. The first-order chi connectivity index (χ1) is 14.6.